The molecule has 27 heavy (non-hydrogen) atoms. The average Bonchev–Trinajstić information content (AvgIpc) is 2.57. The molecule has 8 nitrogen and oxygen atoms in total. The topological polar surface area (TPSA) is 126 Å². The number of hydrogen-bond acceptors (Lipinski definition) is 6. The van der Waals surface area contributed by atoms with E-state index in [1.807, 2.05) is 0 Å². The summed E-state index contributed by atoms with van der Waals surface area (Å²) >= 11 is 0. The van der Waals surface area contributed by atoms with Crippen LogP contribution in [0.15, 0.2) is 23.1 Å². The highest BCUT2D eigenvalue weighted by Crippen LogP contribution is 2.32. The first kappa shape index (κ1) is 21.2. The van der Waals surface area contributed by atoms with Crippen molar-refractivity contribution in [1.29, 1.82) is 0 Å². The van der Waals surface area contributed by atoms with E-state index in [2.05, 4.69) is 11.8 Å². The number of rotatable bonds is 6. The van der Waals surface area contributed by atoms with E-state index in [0.717, 1.165) is 19.1 Å². The SMILES string of the molecule is CC(CCn1ccc(C#CC2CC(CO)C2)cc1=O)(C(=O)NO)S(C)(=O)=O. The zero-order valence-corrected chi connectivity index (χ0v) is 16.1. The Morgan fingerprint density at radius 1 is 1.44 bits per heavy atom. The van der Waals surface area contributed by atoms with Crippen LogP contribution in [0.5, 0.6) is 0 Å². The molecule has 1 aromatic rings. The van der Waals surface area contributed by atoms with E-state index >= 15 is 0 Å². The van der Waals surface area contributed by atoms with Gasteiger partial charge < -0.3 is 9.67 Å². The largest absolute Gasteiger partial charge is 0.396 e. The van der Waals surface area contributed by atoms with Gasteiger partial charge >= 0.3 is 0 Å². The number of aliphatic hydroxyl groups is 1. The number of hydrogen-bond donors (Lipinski definition) is 3. The molecule has 0 saturated heterocycles. The van der Waals surface area contributed by atoms with Crippen LogP contribution in [0.4, 0.5) is 0 Å². The summed E-state index contributed by atoms with van der Waals surface area (Å²) < 4.78 is 23.3. The number of carbonyl (C=O) groups is 1. The number of nitrogens with one attached hydrogen (secondary N) is 1. The summed E-state index contributed by atoms with van der Waals surface area (Å²) in [5.74, 6) is 5.53. The standard InChI is InChI=1S/C18H24N2O6S/c1-18(17(23)19-24,27(2,25)26)6-8-20-7-5-13(11-16(20)22)3-4-14-9-15(10-14)12-21/h5,7,11,14-15,21,24H,6,8-10,12H2,1-2H3,(H,19,23). The second-order valence-electron chi connectivity index (χ2n) is 7.13. The van der Waals surface area contributed by atoms with Crippen LogP contribution in [0.2, 0.25) is 0 Å². The van der Waals surface area contributed by atoms with Gasteiger partial charge in [-0.15, -0.1) is 0 Å². The highest BCUT2D eigenvalue weighted by molar-refractivity contribution is 7.92. The van der Waals surface area contributed by atoms with Crippen LogP contribution in [0, 0.1) is 23.7 Å². The van der Waals surface area contributed by atoms with Crippen molar-refractivity contribution in [3.63, 3.8) is 0 Å². The predicted molar refractivity (Wildman–Crippen MR) is 98.7 cm³/mol. The minimum absolute atomic E-state index is 0.00959. The molecule has 1 amide bonds. The molecule has 1 aliphatic carbocycles. The summed E-state index contributed by atoms with van der Waals surface area (Å²) in [5.41, 5.74) is 1.58. The van der Waals surface area contributed by atoms with Crippen molar-refractivity contribution in [2.45, 2.75) is 37.5 Å². The number of nitrogens with zero attached hydrogens (tertiary/aromatic N) is 1. The molecule has 9 heteroatoms. The first-order chi connectivity index (χ1) is 12.6. The summed E-state index contributed by atoms with van der Waals surface area (Å²) in [6.07, 6.45) is 3.96. The van der Waals surface area contributed by atoms with Crippen LogP contribution in [0.25, 0.3) is 0 Å². The van der Waals surface area contributed by atoms with Crippen LogP contribution in [-0.4, -0.2) is 46.8 Å². The molecule has 1 fully saturated rings. The lowest BCUT2D eigenvalue weighted by atomic mass is 9.76. The normalized spacial score (nSPS) is 21.3. The van der Waals surface area contributed by atoms with Gasteiger partial charge in [0.25, 0.3) is 11.5 Å². The van der Waals surface area contributed by atoms with Gasteiger partial charge in [0.15, 0.2) is 14.6 Å². The van der Waals surface area contributed by atoms with Crippen molar-refractivity contribution in [2.75, 3.05) is 12.9 Å². The number of amides is 1. The molecule has 1 aliphatic rings. The summed E-state index contributed by atoms with van der Waals surface area (Å²) in [7, 11) is -3.82. The van der Waals surface area contributed by atoms with Crippen LogP contribution >= 0.6 is 0 Å². The molecule has 0 aromatic carbocycles. The zero-order valence-electron chi connectivity index (χ0n) is 15.3. The van der Waals surface area contributed by atoms with Crippen molar-refractivity contribution in [1.82, 2.24) is 10.0 Å². The second kappa shape index (κ2) is 8.25. The molecule has 0 bridgehead atoms. The molecular weight excluding hydrogens is 372 g/mol. The Morgan fingerprint density at radius 3 is 2.63 bits per heavy atom. The smallest absolute Gasteiger partial charge is 0.264 e. The molecule has 0 radical (unpaired) electrons. The highest BCUT2D eigenvalue weighted by Gasteiger charge is 2.43. The van der Waals surface area contributed by atoms with Crippen LogP contribution in [-0.2, 0) is 21.2 Å². The first-order valence-electron chi connectivity index (χ1n) is 8.57. The van der Waals surface area contributed by atoms with E-state index in [4.69, 9.17) is 10.3 Å². The molecule has 0 aliphatic heterocycles. The van der Waals surface area contributed by atoms with Gasteiger partial charge in [-0.3, -0.25) is 14.8 Å². The van der Waals surface area contributed by atoms with Crippen molar-refractivity contribution >= 4 is 15.7 Å². The van der Waals surface area contributed by atoms with E-state index in [1.54, 1.807) is 6.07 Å². The Labute approximate surface area is 158 Å². The number of pyridine rings is 1. The van der Waals surface area contributed by atoms with Gasteiger partial charge in [0.2, 0.25) is 0 Å². The Kier molecular flexibility index (Phi) is 6.46. The van der Waals surface area contributed by atoms with Crippen molar-refractivity contribution in [2.24, 2.45) is 11.8 Å². The lowest BCUT2D eigenvalue weighted by Crippen LogP contribution is -2.49. The molecule has 1 heterocycles. The van der Waals surface area contributed by atoms with Crippen molar-refractivity contribution < 1.29 is 23.5 Å². The van der Waals surface area contributed by atoms with Gasteiger partial charge in [-0.1, -0.05) is 11.8 Å². The van der Waals surface area contributed by atoms with E-state index in [9.17, 15) is 18.0 Å². The van der Waals surface area contributed by atoms with E-state index < -0.39 is 20.5 Å². The third-order valence-corrected chi connectivity index (χ3v) is 7.17. The monoisotopic (exact) mass is 396 g/mol. The van der Waals surface area contributed by atoms with E-state index in [0.29, 0.717) is 11.5 Å². The number of aromatic nitrogens is 1. The lowest BCUT2D eigenvalue weighted by Gasteiger charge is -2.29. The molecule has 1 saturated carbocycles. The molecular formula is C18H24N2O6S. The molecule has 2 rings (SSSR count). The molecule has 148 valence electrons. The third-order valence-electron chi connectivity index (χ3n) is 5.14. The van der Waals surface area contributed by atoms with E-state index in [-0.39, 0.29) is 31.0 Å². The highest BCUT2D eigenvalue weighted by atomic mass is 32.2. The first-order valence-corrected chi connectivity index (χ1v) is 10.5. The van der Waals surface area contributed by atoms with Gasteiger partial charge in [0.05, 0.1) is 0 Å². The maximum Gasteiger partial charge on any atom is 0.264 e. The van der Waals surface area contributed by atoms with Crippen LogP contribution in [0.3, 0.4) is 0 Å². The zero-order chi connectivity index (χ0) is 20.2. The van der Waals surface area contributed by atoms with Gasteiger partial charge in [-0.05, 0) is 38.2 Å². The van der Waals surface area contributed by atoms with E-state index in [1.165, 1.54) is 29.2 Å². The number of sulfone groups is 1. The minimum atomic E-state index is -3.82. The van der Waals surface area contributed by atoms with Gasteiger partial charge in [-0.2, -0.15) is 0 Å². The van der Waals surface area contributed by atoms with Crippen molar-refractivity contribution in [3.8, 4) is 11.8 Å². The number of aryl methyl sites for hydroxylation is 1. The predicted octanol–water partition coefficient (Wildman–Crippen LogP) is -0.0829. The van der Waals surface area contributed by atoms with Crippen LogP contribution < -0.4 is 11.0 Å². The molecule has 3 N–H and O–H groups in total. The summed E-state index contributed by atoms with van der Waals surface area (Å²) in [6.45, 7) is 1.37. The average molecular weight is 396 g/mol. The third kappa shape index (κ3) is 4.77. The Morgan fingerprint density at radius 2 is 2.11 bits per heavy atom. The molecule has 1 aromatic heterocycles. The summed E-state index contributed by atoms with van der Waals surface area (Å²) in [4.78, 5) is 24.0. The fourth-order valence-electron chi connectivity index (χ4n) is 2.88. The minimum Gasteiger partial charge on any atom is -0.396 e. The quantitative estimate of drug-likeness (QED) is 0.351. The fraction of sp³-hybridized carbons (Fsp3) is 0.556. The lowest BCUT2D eigenvalue weighted by molar-refractivity contribution is -0.131. The Bertz CT molecular complexity index is 921. The van der Waals surface area contributed by atoms with Gasteiger partial charge in [0, 0.05) is 43.2 Å². The van der Waals surface area contributed by atoms with Gasteiger partial charge in [0.1, 0.15) is 0 Å². The summed E-state index contributed by atoms with van der Waals surface area (Å²) in [5, 5.41) is 17.8. The fourth-order valence-corrected chi connectivity index (χ4v) is 3.72. The van der Waals surface area contributed by atoms with Gasteiger partial charge in [-0.25, -0.2) is 13.9 Å². The Balaban J connectivity index is 2.09. The van der Waals surface area contributed by atoms with Crippen LogP contribution in [0.1, 0.15) is 31.7 Å². The molecule has 0 spiro atoms. The number of carbonyl (C=O) groups excluding carboxylic acids is 1. The summed E-state index contributed by atoms with van der Waals surface area (Å²) in [6, 6.07) is 3.01. The second-order valence-corrected chi connectivity index (χ2v) is 9.57. The maximum atomic E-state index is 12.2. The molecule has 1 atom stereocenters. The Hall–Kier alpha value is -2.15. The maximum absolute atomic E-state index is 12.2. The molecule has 1 unspecified atom stereocenters. The number of hydroxylamine groups is 1. The number of aliphatic hydroxyl groups excluding tert-OH is 1. The van der Waals surface area contributed by atoms with Crippen molar-refractivity contribution in [3.05, 3.63) is 34.2 Å².